The fourth-order valence-electron chi connectivity index (χ4n) is 1.92. The minimum Gasteiger partial charge on any atom is -0.348 e. The van der Waals surface area contributed by atoms with Crippen LogP contribution in [-0.2, 0) is 16.0 Å². The maximum atomic E-state index is 11.9. The minimum absolute atomic E-state index is 0.0634. The van der Waals surface area contributed by atoms with Gasteiger partial charge in [-0.2, -0.15) is 0 Å². The first-order chi connectivity index (χ1) is 10.5. The van der Waals surface area contributed by atoms with Gasteiger partial charge in [0.05, 0.1) is 29.2 Å². The van der Waals surface area contributed by atoms with E-state index >= 15 is 0 Å². The van der Waals surface area contributed by atoms with Crippen LogP contribution in [0.1, 0.15) is 17.0 Å². The Morgan fingerprint density at radius 3 is 3.00 bits per heavy atom. The van der Waals surface area contributed by atoms with E-state index in [4.69, 9.17) is 12.2 Å². The monoisotopic (exact) mass is 315 g/mol. The molecule has 3 N–H and O–H groups in total. The average Bonchev–Trinajstić information content (AvgIpc) is 2.86. The topological polar surface area (TPSA) is 85.1 Å². The summed E-state index contributed by atoms with van der Waals surface area (Å²) >= 11 is 1.49. The number of aromatic nitrogens is 1. The van der Waals surface area contributed by atoms with E-state index in [0.29, 0.717) is 0 Å². The van der Waals surface area contributed by atoms with Crippen molar-refractivity contribution in [1.82, 2.24) is 10.3 Å². The summed E-state index contributed by atoms with van der Waals surface area (Å²) < 4.78 is 1.06. The van der Waals surface area contributed by atoms with Crippen LogP contribution in [0.25, 0.3) is 10.2 Å². The van der Waals surface area contributed by atoms with E-state index in [-0.39, 0.29) is 25.2 Å². The number of carbonyl (C=O) groups excluding carboxylic acids is 2. The molecule has 0 bridgehead atoms. The van der Waals surface area contributed by atoms with Gasteiger partial charge in [-0.1, -0.05) is 6.07 Å². The van der Waals surface area contributed by atoms with Gasteiger partial charge < -0.3 is 11.1 Å². The summed E-state index contributed by atoms with van der Waals surface area (Å²) in [5.74, 6) is 1.79. The number of benzene rings is 1. The van der Waals surface area contributed by atoms with Gasteiger partial charge in [-0.05, 0) is 24.6 Å². The molecule has 114 valence electrons. The number of nitrogens with two attached hydrogens (primary N) is 1. The fraction of sp³-hybridized carbons (Fsp3) is 0.312. The van der Waals surface area contributed by atoms with Crippen LogP contribution in [0, 0.1) is 19.3 Å². The Morgan fingerprint density at radius 2 is 2.27 bits per heavy atom. The second-order valence-corrected chi connectivity index (χ2v) is 6.14. The van der Waals surface area contributed by atoms with Crippen molar-refractivity contribution in [2.45, 2.75) is 25.8 Å². The number of carbonyl (C=O) groups is 2. The SMILES string of the molecule is C#CC[C@H](N)C(=O)NCC(=O)Cc1nc2ccc(C)cc2s1. The maximum absolute atomic E-state index is 11.9. The number of terminal acetylenes is 1. The largest absolute Gasteiger partial charge is 0.348 e. The molecular formula is C16H17N3O2S. The Bertz CT molecular complexity index is 745. The number of amides is 1. The number of nitrogens with one attached hydrogen (secondary N) is 1. The van der Waals surface area contributed by atoms with Gasteiger partial charge in [0.1, 0.15) is 5.01 Å². The third-order valence-electron chi connectivity index (χ3n) is 3.07. The zero-order valence-electron chi connectivity index (χ0n) is 12.3. The molecule has 1 aromatic heterocycles. The molecule has 1 heterocycles. The second-order valence-electron chi connectivity index (χ2n) is 5.03. The first kappa shape index (κ1) is 16.1. The van der Waals surface area contributed by atoms with Crippen molar-refractivity contribution in [2.24, 2.45) is 5.73 Å². The highest BCUT2D eigenvalue weighted by molar-refractivity contribution is 7.18. The number of fused-ring (bicyclic) bond motifs is 1. The third-order valence-corrected chi connectivity index (χ3v) is 4.09. The van der Waals surface area contributed by atoms with Gasteiger partial charge in [-0.3, -0.25) is 9.59 Å². The van der Waals surface area contributed by atoms with Crippen molar-refractivity contribution < 1.29 is 9.59 Å². The van der Waals surface area contributed by atoms with Gasteiger partial charge in [-0.25, -0.2) is 4.98 Å². The van der Waals surface area contributed by atoms with E-state index in [1.165, 1.54) is 11.3 Å². The van der Waals surface area contributed by atoms with Crippen molar-refractivity contribution in [3.63, 3.8) is 0 Å². The Labute approximate surface area is 132 Å². The molecule has 0 aliphatic carbocycles. The van der Waals surface area contributed by atoms with Crippen molar-refractivity contribution in [1.29, 1.82) is 0 Å². The summed E-state index contributed by atoms with van der Waals surface area (Å²) in [5.41, 5.74) is 7.60. The first-order valence-corrected chi connectivity index (χ1v) is 7.65. The summed E-state index contributed by atoms with van der Waals surface area (Å²) in [6.45, 7) is 1.95. The van der Waals surface area contributed by atoms with Crippen molar-refractivity contribution >= 4 is 33.2 Å². The maximum Gasteiger partial charge on any atom is 0.238 e. The van der Waals surface area contributed by atoms with Crippen LogP contribution >= 0.6 is 11.3 Å². The van der Waals surface area contributed by atoms with Crippen LogP contribution < -0.4 is 11.1 Å². The molecule has 0 unspecified atom stereocenters. The summed E-state index contributed by atoms with van der Waals surface area (Å²) in [4.78, 5) is 27.9. The van der Waals surface area contributed by atoms with Crippen LogP contribution in [0.4, 0.5) is 0 Å². The molecule has 22 heavy (non-hydrogen) atoms. The zero-order chi connectivity index (χ0) is 16.1. The van der Waals surface area contributed by atoms with Crippen LogP contribution in [0.5, 0.6) is 0 Å². The summed E-state index contributed by atoms with van der Waals surface area (Å²) in [5, 5.41) is 3.24. The van der Waals surface area contributed by atoms with Crippen molar-refractivity contribution in [3.05, 3.63) is 28.8 Å². The summed E-state index contributed by atoms with van der Waals surface area (Å²) in [7, 11) is 0. The number of thiazole rings is 1. The number of hydrogen-bond donors (Lipinski definition) is 2. The molecule has 2 rings (SSSR count). The molecule has 1 aromatic carbocycles. The number of rotatable bonds is 6. The number of Topliss-reactive ketones (excluding diaryl/α,β-unsaturated/α-hetero) is 1. The van der Waals surface area contributed by atoms with Crippen molar-refractivity contribution in [3.8, 4) is 12.3 Å². The Balaban J connectivity index is 1.91. The fourth-order valence-corrected chi connectivity index (χ4v) is 3.02. The van der Waals surface area contributed by atoms with Crippen LogP contribution in [0.2, 0.25) is 0 Å². The smallest absolute Gasteiger partial charge is 0.238 e. The van der Waals surface area contributed by atoms with E-state index in [0.717, 1.165) is 20.8 Å². The van der Waals surface area contributed by atoms with Crippen LogP contribution in [0.15, 0.2) is 18.2 Å². The molecule has 0 aliphatic rings. The van der Waals surface area contributed by atoms with E-state index in [1.54, 1.807) is 0 Å². The number of aryl methyl sites for hydroxylation is 1. The van der Waals surface area contributed by atoms with E-state index in [1.807, 2.05) is 25.1 Å². The zero-order valence-corrected chi connectivity index (χ0v) is 13.1. The minimum atomic E-state index is -0.775. The Morgan fingerprint density at radius 1 is 1.50 bits per heavy atom. The van der Waals surface area contributed by atoms with E-state index < -0.39 is 11.9 Å². The molecular weight excluding hydrogens is 298 g/mol. The molecule has 2 aromatic rings. The van der Waals surface area contributed by atoms with Gasteiger partial charge >= 0.3 is 0 Å². The van der Waals surface area contributed by atoms with Gasteiger partial charge in [0.2, 0.25) is 5.91 Å². The lowest BCUT2D eigenvalue weighted by atomic mass is 10.2. The Hall–Kier alpha value is -2.23. The lowest BCUT2D eigenvalue weighted by Crippen LogP contribution is -2.42. The molecule has 0 saturated carbocycles. The highest BCUT2D eigenvalue weighted by Crippen LogP contribution is 2.23. The van der Waals surface area contributed by atoms with E-state index in [2.05, 4.69) is 16.2 Å². The standard InChI is InChI=1S/C16H17N3O2S/c1-3-4-12(17)16(21)18-9-11(20)8-15-19-13-6-5-10(2)7-14(13)22-15/h1,5-7,12H,4,8-9,17H2,2H3,(H,18,21)/t12-/m0/s1. The lowest BCUT2D eigenvalue weighted by molar-refractivity contribution is -0.125. The van der Waals surface area contributed by atoms with Gasteiger partial charge in [0.15, 0.2) is 5.78 Å². The van der Waals surface area contributed by atoms with Gasteiger partial charge in [0.25, 0.3) is 0 Å². The molecule has 0 aliphatic heterocycles. The number of nitrogens with zero attached hydrogens (tertiary/aromatic N) is 1. The quantitative estimate of drug-likeness (QED) is 0.784. The number of hydrogen-bond acceptors (Lipinski definition) is 5. The average molecular weight is 315 g/mol. The molecule has 1 atom stereocenters. The number of ketones is 1. The predicted octanol–water partition coefficient (Wildman–Crippen LogP) is 1.18. The molecule has 0 radical (unpaired) electrons. The highest BCUT2D eigenvalue weighted by atomic mass is 32.1. The lowest BCUT2D eigenvalue weighted by Gasteiger charge is -2.08. The van der Waals surface area contributed by atoms with Crippen LogP contribution in [0.3, 0.4) is 0 Å². The summed E-state index contributed by atoms with van der Waals surface area (Å²) in [6, 6.07) is 5.20. The van der Waals surface area contributed by atoms with E-state index in [9.17, 15) is 9.59 Å². The molecule has 0 saturated heterocycles. The van der Waals surface area contributed by atoms with Crippen LogP contribution in [-0.4, -0.2) is 29.3 Å². The highest BCUT2D eigenvalue weighted by Gasteiger charge is 2.14. The Kier molecular flexibility index (Phi) is 5.26. The molecule has 1 amide bonds. The molecule has 6 heteroatoms. The third kappa shape index (κ3) is 4.13. The molecule has 0 fully saturated rings. The molecule has 5 nitrogen and oxygen atoms in total. The normalized spacial score (nSPS) is 11.9. The predicted molar refractivity (Wildman–Crippen MR) is 87.5 cm³/mol. The van der Waals surface area contributed by atoms with Gasteiger partial charge in [0, 0.05) is 6.42 Å². The van der Waals surface area contributed by atoms with Crippen molar-refractivity contribution in [2.75, 3.05) is 6.54 Å². The second kappa shape index (κ2) is 7.16. The first-order valence-electron chi connectivity index (χ1n) is 6.84. The molecule has 0 spiro atoms. The summed E-state index contributed by atoms with van der Waals surface area (Å²) in [6.07, 6.45) is 5.44. The van der Waals surface area contributed by atoms with Gasteiger partial charge in [-0.15, -0.1) is 23.7 Å².